The van der Waals surface area contributed by atoms with E-state index in [0.29, 0.717) is 17.7 Å². The average molecular weight is 564 g/mol. The molecular formula is C28H26F5N3O4. The van der Waals surface area contributed by atoms with E-state index in [1.54, 1.807) is 13.0 Å². The summed E-state index contributed by atoms with van der Waals surface area (Å²) in [5.74, 6) is -6.14. The summed E-state index contributed by atoms with van der Waals surface area (Å²) in [7, 11) is 1.53. The van der Waals surface area contributed by atoms with Gasteiger partial charge in [-0.05, 0) is 24.6 Å². The number of nitrogens with one attached hydrogen (secondary N) is 1. The van der Waals surface area contributed by atoms with E-state index in [9.17, 15) is 31.5 Å². The van der Waals surface area contributed by atoms with E-state index in [2.05, 4.69) is 5.32 Å². The standard InChI is InChI=1S/C28H26F5N3O4/c1-15-19-5-4-16(27(38)34-13-20-22(30)9-17(29)10-23(20)31)8-26(19)36(28(39)35(15)2)14-21-24(32)11-18(12-25(21)33)40-7-3-6-37/h4-5,8-12,15,37H,3,6-7,13-14H2,1-2H3,(H,34,38). The molecule has 0 spiro atoms. The number of anilines is 1. The van der Waals surface area contributed by atoms with Crippen LogP contribution in [0.4, 0.5) is 32.4 Å². The zero-order valence-corrected chi connectivity index (χ0v) is 21.6. The van der Waals surface area contributed by atoms with E-state index in [4.69, 9.17) is 9.84 Å². The Morgan fingerprint density at radius 2 is 1.60 bits per heavy atom. The van der Waals surface area contributed by atoms with Crippen LogP contribution < -0.4 is 15.0 Å². The summed E-state index contributed by atoms with van der Waals surface area (Å²) < 4.78 is 76.3. The minimum atomic E-state index is -1.16. The van der Waals surface area contributed by atoms with Crippen LogP contribution in [0, 0.1) is 29.1 Å². The maximum Gasteiger partial charge on any atom is 0.325 e. The lowest BCUT2D eigenvalue weighted by Crippen LogP contribution is -2.47. The lowest BCUT2D eigenvalue weighted by Gasteiger charge is -2.39. The highest BCUT2D eigenvalue weighted by molar-refractivity contribution is 5.99. The van der Waals surface area contributed by atoms with Crippen molar-refractivity contribution in [1.29, 1.82) is 0 Å². The number of hydrogen-bond donors (Lipinski definition) is 2. The van der Waals surface area contributed by atoms with Gasteiger partial charge in [-0.25, -0.2) is 26.7 Å². The number of nitrogens with zero attached hydrogens (tertiary/aromatic N) is 2. The number of urea groups is 1. The molecule has 1 unspecified atom stereocenters. The molecule has 1 aliphatic rings. The Bertz CT molecular complexity index is 1410. The third-order valence-electron chi connectivity index (χ3n) is 6.68. The third kappa shape index (κ3) is 5.86. The quantitative estimate of drug-likeness (QED) is 0.277. The van der Waals surface area contributed by atoms with E-state index >= 15 is 0 Å². The van der Waals surface area contributed by atoms with E-state index in [-0.39, 0.29) is 36.6 Å². The van der Waals surface area contributed by atoms with E-state index in [0.717, 1.165) is 17.0 Å². The average Bonchev–Trinajstić information content (AvgIpc) is 2.90. The van der Waals surface area contributed by atoms with Crippen molar-refractivity contribution in [2.24, 2.45) is 0 Å². The molecular weight excluding hydrogens is 537 g/mol. The Hall–Kier alpha value is -4.19. The smallest absolute Gasteiger partial charge is 0.325 e. The number of carbonyl (C=O) groups excluding carboxylic acids is 2. The normalized spacial score (nSPS) is 14.8. The number of aliphatic hydroxyl groups is 1. The summed E-state index contributed by atoms with van der Waals surface area (Å²) in [6.07, 6.45) is 0.276. The predicted molar refractivity (Wildman–Crippen MR) is 135 cm³/mol. The molecule has 0 saturated heterocycles. The van der Waals surface area contributed by atoms with Crippen LogP contribution in [0.5, 0.6) is 5.75 Å². The van der Waals surface area contributed by atoms with Crippen molar-refractivity contribution in [2.75, 3.05) is 25.2 Å². The fourth-order valence-electron chi connectivity index (χ4n) is 4.33. The molecule has 2 N–H and O–H groups in total. The molecule has 7 nitrogen and oxygen atoms in total. The number of carbonyl (C=O) groups is 2. The van der Waals surface area contributed by atoms with Crippen molar-refractivity contribution < 1.29 is 41.4 Å². The van der Waals surface area contributed by atoms with Crippen LogP contribution in [0.1, 0.15) is 46.4 Å². The van der Waals surface area contributed by atoms with Crippen LogP contribution in [-0.2, 0) is 13.1 Å². The second-order valence-electron chi connectivity index (χ2n) is 9.25. The maximum absolute atomic E-state index is 14.9. The molecule has 1 heterocycles. The minimum absolute atomic E-state index is 0.0183. The van der Waals surface area contributed by atoms with Gasteiger partial charge in [0.05, 0.1) is 24.9 Å². The molecule has 4 rings (SSSR count). The number of halogens is 5. The molecule has 12 heteroatoms. The largest absolute Gasteiger partial charge is 0.493 e. The van der Waals surface area contributed by atoms with Crippen molar-refractivity contribution in [3.8, 4) is 5.75 Å². The fourth-order valence-corrected chi connectivity index (χ4v) is 4.33. The molecule has 0 bridgehead atoms. The van der Waals surface area contributed by atoms with Gasteiger partial charge in [0.15, 0.2) is 0 Å². The highest BCUT2D eigenvalue weighted by Crippen LogP contribution is 2.38. The van der Waals surface area contributed by atoms with Gasteiger partial charge in [-0.2, -0.15) is 0 Å². The Labute approximate surface area is 226 Å². The van der Waals surface area contributed by atoms with Crippen LogP contribution >= 0.6 is 0 Å². The second kappa shape index (κ2) is 11.9. The molecule has 1 aliphatic heterocycles. The van der Waals surface area contributed by atoms with Crippen molar-refractivity contribution in [3.05, 3.63) is 93.8 Å². The number of hydrogen-bond acceptors (Lipinski definition) is 4. The Balaban J connectivity index is 1.62. The Kier molecular flexibility index (Phi) is 8.58. The first-order valence-electron chi connectivity index (χ1n) is 12.3. The van der Waals surface area contributed by atoms with Gasteiger partial charge in [-0.1, -0.05) is 6.07 Å². The van der Waals surface area contributed by atoms with Crippen LogP contribution in [0.15, 0.2) is 42.5 Å². The van der Waals surface area contributed by atoms with Crippen LogP contribution in [-0.4, -0.2) is 42.2 Å². The first-order chi connectivity index (χ1) is 19.0. The van der Waals surface area contributed by atoms with Crippen LogP contribution in [0.25, 0.3) is 0 Å². The minimum Gasteiger partial charge on any atom is -0.493 e. The molecule has 0 aromatic heterocycles. The summed E-state index contributed by atoms with van der Waals surface area (Å²) in [6, 6.07) is 6.33. The molecule has 3 aromatic carbocycles. The highest BCUT2D eigenvalue weighted by Gasteiger charge is 2.35. The van der Waals surface area contributed by atoms with Gasteiger partial charge in [0.1, 0.15) is 34.8 Å². The number of aliphatic hydroxyl groups excluding tert-OH is 1. The zero-order valence-electron chi connectivity index (χ0n) is 21.6. The summed E-state index contributed by atoms with van der Waals surface area (Å²) >= 11 is 0. The number of fused-ring (bicyclic) bond motifs is 1. The van der Waals surface area contributed by atoms with Gasteiger partial charge < -0.3 is 20.1 Å². The summed E-state index contributed by atoms with van der Waals surface area (Å²) in [5, 5.41) is 11.2. The molecule has 0 aliphatic carbocycles. The second-order valence-corrected chi connectivity index (χ2v) is 9.25. The van der Waals surface area contributed by atoms with Crippen molar-refractivity contribution in [2.45, 2.75) is 32.5 Å². The van der Waals surface area contributed by atoms with Gasteiger partial charge in [0, 0.05) is 67.6 Å². The zero-order chi connectivity index (χ0) is 29.1. The Morgan fingerprint density at radius 3 is 2.23 bits per heavy atom. The Morgan fingerprint density at radius 1 is 0.975 bits per heavy atom. The summed E-state index contributed by atoms with van der Waals surface area (Å²) in [5.41, 5.74) is -0.100. The number of ether oxygens (including phenoxy) is 1. The number of benzene rings is 3. The van der Waals surface area contributed by atoms with Crippen molar-refractivity contribution >= 4 is 17.6 Å². The molecule has 3 aromatic rings. The van der Waals surface area contributed by atoms with E-state index < -0.39 is 71.3 Å². The third-order valence-corrected chi connectivity index (χ3v) is 6.68. The van der Waals surface area contributed by atoms with Crippen LogP contribution in [0.2, 0.25) is 0 Å². The van der Waals surface area contributed by atoms with Gasteiger partial charge in [0.25, 0.3) is 5.91 Å². The predicted octanol–water partition coefficient (Wildman–Crippen LogP) is 5.21. The monoisotopic (exact) mass is 563 g/mol. The van der Waals surface area contributed by atoms with E-state index in [1.165, 1.54) is 24.1 Å². The summed E-state index contributed by atoms with van der Waals surface area (Å²) in [6.45, 7) is 0.576. The van der Waals surface area contributed by atoms with E-state index in [1.807, 2.05) is 0 Å². The molecule has 212 valence electrons. The molecule has 40 heavy (non-hydrogen) atoms. The van der Waals surface area contributed by atoms with Crippen LogP contribution in [0.3, 0.4) is 0 Å². The highest BCUT2D eigenvalue weighted by atomic mass is 19.2. The molecule has 3 amide bonds. The topological polar surface area (TPSA) is 82.1 Å². The van der Waals surface area contributed by atoms with Gasteiger partial charge in [0.2, 0.25) is 0 Å². The van der Waals surface area contributed by atoms with Crippen molar-refractivity contribution in [3.63, 3.8) is 0 Å². The lowest BCUT2D eigenvalue weighted by molar-refractivity contribution is 0.0950. The number of rotatable bonds is 9. The van der Waals surface area contributed by atoms with Gasteiger partial charge in [-0.3, -0.25) is 9.69 Å². The van der Waals surface area contributed by atoms with Gasteiger partial charge in [-0.15, -0.1) is 0 Å². The first-order valence-corrected chi connectivity index (χ1v) is 12.3. The van der Waals surface area contributed by atoms with Gasteiger partial charge >= 0.3 is 6.03 Å². The molecule has 0 fully saturated rings. The van der Waals surface area contributed by atoms with Crippen molar-refractivity contribution in [1.82, 2.24) is 10.2 Å². The molecule has 0 saturated carbocycles. The molecule has 1 atom stereocenters. The number of amides is 3. The SMILES string of the molecule is CC1c2ccc(C(=O)NCc3c(F)cc(F)cc3F)cc2N(Cc2c(F)cc(OCCCO)cc2F)C(=O)N1C. The fraction of sp³-hybridized carbons (Fsp3) is 0.286. The molecule has 0 radical (unpaired) electrons. The maximum atomic E-state index is 14.9. The first kappa shape index (κ1) is 28.8. The lowest BCUT2D eigenvalue weighted by atomic mass is 9.98. The summed E-state index contributed by atoms with van der Waals surface area (Å²) in [4.78, 5) is 28.6.